The minimum Gasteiger partial charge on any atom is -0.379 e. The van der Waals surface area contributed by atoms with E-state index in [1.54, 1.807) is 12.1 Å². The fraction of sp³-hybridized carbons (Fsp3) is 0.500. The van der Waals surface area contributed by atoms with E-state index < -0.39 is 5.60 Å². The molecule has 0 amide bonds. The molecule has 0 radical (unpaired) electrons. The van der Waals surface area contributed by atoms with Gasteiger partial charge in [0.1, 0.15) is 5.60 Å². The third-order valence-electron chi connectivity index (χ3n) is 3.32. The van der Waals surface area contributed by atoms with Gasteiger partial charge in [-0.05, 0) is 29.2 Å². The topological polar surface area (TPSA) is 32.3 Å². The predicted molar refractivity (Wildman–Crippen MR) is 82.5 cm³/mol. The molecule has 3 heteroatoms. The van der Waals surface area contributed by atoms with E-state index in [2.05, 4.69) is 25.7 Å². The molecule has 0 saturated carbocycles. The molecule has 0 fully saturated rings. The first-order valence-electron chi connectivity index (χ1n) is 6.68. The largest absolute Gasteiger partial charge is 0.379 e. The summed E-state index contributed by atoms with van der Waals surface area (Å²) in [4.78, 5) is 0. The molecule has 0 saturated heterocycles. The molecule has 0 heterocycles. The highest BCUT2D eigenvalue weighted by atomic mass is 35.5. The van der Waals surface area contributed by atoms with Crippen LogP contribution < -0.4 is 5.32 Å². The van der Waals surface area contributed by atoms with E-state index in [-0.39, 0.29) is 5.92 Å². The van der Waals surface area contributed by atoms with Crippen molar-refractivity contribution in [2.45, 2.75) is 39.3 Å². The van der Waals surface area contributed by atoms with Crippen molar-refractivity contribution in [2.75, 3.05) is 6.54 Å². The van der Waals surface area contributed by atoms with Crippen LogP contribution in [0.25, 0.3) is 0 Å². The van der Waals surface area contributed by atoms with Crippen molar-refractivity contribution in [1.29, 1.82) is 0 Å². The van der Waals surface area contributed by atoms with E-state index in [0.29, 0.717) is 17.6 Å². The summed E-state index contributed by atoms with van der Waals surface area (Å²) >= 11 is 5.91. The molecular weight excluding hydrogens is 258 g/mol. The van der Waals surface area contributed by atoms with Crippen molar-refractivity contribution in [3.05, 3.63) is 47.0 Å². The first kappa shape index (κ1) is 16.2. The van der Waals surface area contributed by atoms with Crippen LogP contribution in [0.2, 0.25) is 5.02 Å². The second kappa shape index (κ2) is 6.56. The quantitative estimate of drug-likeness (QED) is 0.779. The zero-order valence-corrected chi connectivity index (χ0v) is 13.0. The van der Waals surface area contributed by atoms with Crippen LogP contribution in [0.3, 0.4) is 0 Å². The van der Waals surface area contributed by atoms with Crippen LogP contribution in [0, 0.1) is 5.92 Å². The van der Waals surface area contributed by atoms with Gasteiger partial charge in [-0.1, -0.05) is 58.0 Å². The third-order valence-corrected chi connectivity index (χ3v) is 3.57. The zero-order chi connectivity index (χ0) is 14.6. The zero-order valence-electron chi connectivity index (χ0n) is 12.2. The van der Waals surface area contributed by atoms with E-state index in [1.165, 1.54) is 0 Å². The van der Waals surface area contributed by atoms with Crippen LogP contribution in [-0.4, -0.2) is 17.7 Å². The summed E-state index contributed by atoms with van der Waals surface area (Å²) in [5.74, 6) is 0.203. The number of rotatable bonds is 6. The Morgan fingerprint density at radius 3 is 2.21 bits per heavy atom. The van der Waals surface area contributed by atoms with Crippen LogP contribution in [0.1, 0.15) is 33.3 Å². The van der Waals surface area contributed by atoms with Gasteiger partial charge in [-0.15, -0.1) is 0 Å². The summed E-state index contributed by atoms with van der Waals surface area (Å²) in [6.45, 7) is 12.7. The summed E-state index contributed by atoms with van der Waals surface area (Å²) in [5, 5.41) is 15.0. The van der Waals surface area contributed by atoms with Crippen molar-refractivity contribution in [3.63, 3.8) is 0 Å². The van der Waals surface area contributed by atoms with E-state index in [0.717, 1.165) is 11.1 Å². The minimum absolute atomic E-state index is 0.203. The Morgan fingerprint density at radius 1 is 1.26 bits per heavy atom. The molecule has 1 rings (SSSR count). The lowest BCUT2D eigenvalue weighted by Gasteiger charge is -2.34. The Morgan fingerprint density at radius 2 is 1.79 bits per heavy atom. The van der Waals surface area contributed by atoms with Crippen LogP contribution >= 0.6 is 11.6 Å². The van der Waals surface area contributed by atoms with Gasteiger partial charge < -0.3 is 10.4 Å². The molecule has 1 aromatic rings. The van der Waals surface area contributed by atoms with Crippen LogP contribution in [-0.2, 0) is 5.60 Å². The van der Waals surface area contributed by atoms with Gasteiger partial charge in [0.05, 0.1) is 0 Å². The number of hydrogen-bond donors (Lipinski definition) is 2. The standard InChI is InChI=1S/C16H24ClNO/c1-11(2)13(5)16(19,10-18-12(3)4)14-6-8-15(17)9-7-14/h6-9,11-12,18-19H,5,10H2,1-4H3. The van der Waals surface area contributed by atoms with Gasteiger partial charge in [-0.25, -0.2) is 0 Å². The van der Waals surface area contributed by atoms with Gasteiger partial charge in [0.25, 0.3) is 0 Å². The maximum Gasteiger partial charge on any atom is 0.123 e. The Hall–Kier alpha value is -0.830. The Balaban J connectivity index is 3.10. The molecular formula is C16H24ClNO. The summed E-state index contributed by atoms with van der Waals surface area (Å²) in [7, 11) is 0. The minimum atomic E-state index is -1.07. The van der Waals surface area contributed by atoms with Crippen LogP contribution in [0.4, 0.5) is 0 Å². The molecule has 0 bridgehead atoms. The lowest BCUT2D eigenvalue weighted by Crippen LogP contribution is -2.43. The molecule has 0 spiro atoms. The number of nitrogens with one attached hydrogen (secondary N) is 1. The van der Waals surface area contributed by atoms with E-state index >= 15 is 0 Å². The molecule has 106 valence electrons. The van der Waals surface area contributed by atoms with E-state index in [4.69, 9.17) is 11.6 Å². The van der Waals surface area contributed by atoms with Gasteiger partial charge in [0.2, 0.25) is 0 Å². The molecule has 2 nitrogen and oxygen atoms in total. The highest BCUT2D eigenvalue weighted by Gasteiger charge is 2.33. The fourth-order valence-electron chi connectivity index (χ4n) is 1.96. The highest BCUT2D eigenvalue weighted by molar-refractivity contribution is 6.30. The fourth-order valence-corrected chi connectivity index (χ4v) is 2.08. The second-order valence-corrected chi connectivity index (χ2v) is 6.02. The number of halogens is 1. The number of aliphatic hydroxyl groups is 1. The molecule has 0 aromatic heterocycles. The summed E-state index contributed by atoms with van der Waals surface area (Å²) in [6.07, 6.45) is 0. The molecule has 2 N–H and O–H groups in total. The van der Waals surface area contributed by atoms with Gasteiger partial charge in [-0.2, -0.15) is 0 Å². The molecule has 1 atom stereocenters. The number of benzene rings is 1. The number of hydrogen-bond acceptors (Lipinski definition) is 2. The maximum absolute atomic E-state index is 11.1. The lowest BCUT2D eigenvalue weighted by atomic mass is 9.81. The average Bonchev–Trinajstić information content (AvgIpc) is 2.35. The van der Waals surface area contributed by atoms with E-state index in [9.17, 15) is 5.11 Å². The van der Waals surface area contributed by atoms with Crippen molar-refractivity contribution in [1.82, 2.24) is 5.32 Å². The maximum atomic E-state index is 11.1. The first-order valence-corrected chi connectivity index (χ1v) is 7.06. The van der Waals surface area contributed by atoms with Crippen LogP contribution in [0.5, 0.6) is 0 Å². The SMILES string of the molecule is C=C(C(C)C)C(O)(CNC(C)C)c1ccc(Cl)cc1. The molecule has 0 aliphatic heterocycles. The molecule has 19 heavy (non-hydrogen) atoms. The Bertz CT molecular complexity index is 425. The van der Waals surface area contributed by atoms with Crippen molar-refractivity contribution in [3.8, 4) is 0 Å². The van der Waals surface area contributed by atoms with Crippen molar-refractivity contribution < 1.29 is 5.11 Å². The summed E-state index contributed by atoms with van der Waals surface area (Å²) in [6, 6.07) is 7.62. The predicted octanol–water partition coefficient (Wildman–Crippen LogP) is 3.74. The smallest absolute Gasteiger partial charge is 0.123 e. The van der Waals surface area contributed by atoms with E-state index in [1.807, 2.05) is 26.0 Å². The van der Waals surface area contributed by atoms with Gasteiger partial charge in [0.15, 0.2) is 0 Å². The second-order valence-electron chi connectivity index (χ2n) is 5.58. The normalized spacial score (nSPS) is 14.7. The van der Waals surface area contributed by atoms with Crippen molar-refractivity contribution >= 4 is 11.6 Å². The summed E-state index contributed by atoms with van der Waals surface area (Å²) < 4.78 is 0. The van der Waals surface area contributed by atoms with Gasteiger partial charge in [-0.3, -0.25) is 0 Å². The highest BCUT2D eigenvalue weighted by Crippen LogP contribution is 2.33. The monoisotopic (exact) mass is 281 g/mol. The summed E-state index contributed by atoms with van der Waals surface area (Å²) in [5.41, 5.74) is 0.565. The Labute approximate surface area is 121 Å². The van der Waals surface area contributed by atoms with Gasteiger partial charge >= 0.3 is 0 Å². The van der Waals surface area contributed by atoms with Crippen molar-refractivity contribution in [2.24, 2.45) is 5.92 Å². The Kier molecular flexibility index (Phi) is 5.60. The van der Waals surface area contributed by atoms with Crippen LogP contribution in [0.15, 0.2) is 36.4 Å². The molecule has 0 aliphatic rings. The lowest BCUT2D eigenvalue weighted by molar-refractivity contribution is 0.0649. The third kappa shape index (κ3) is 4.07. The first-order chi connectivity index (χ1) is 8.77. The molecule has 1 aromatic carbocycles. The molecule has 0 aliphatic carbocycles. The average molecular weight is 282 g/mol. The van der Waals surface area contributed by atoms with Gasteiger partial charge in [0, 0.05) is 17.6 Å². The molecule has 1 unspecified atom stereocenters.